The number of alkyl halides is 1. The van der Waals surface area contributed by atoms with Gasteiger partial charge in [0.1, 0.15) is 11.4 Å². The first-order valence-electron chi connectivity index (χ1n) is 12.6. The summed E-state index contributed by atoms with van der Waals surface area (Å²) in [6, 6.07) is 5.45. The van der Waals surface area contributed by atoms with Crippen LogP contribution in [0.3, 0.4) is 0 Å². The number of hydrogen-bond acceptors (Lipinski definition) is 7. The molecule has 206 valence electrons. The van der Waals surface area contributed by atoms with E-state index in [-0.39, 0.29) is 17.9 Å². The second-order valence-corrected chi connectivity index (χ2v) is 10.1. The normalized spacial score (nSPS) is 15.7. The quantitative estimate of drug-likeness (QED) is 0.306. The number of fused-ring (bicyclic) bond motifs is 4. The lowest BCUT2D eigenvalue weighted by Crippen LogP contribution is -2.31. The minimum absolute atomic E-state index is 0.130. The molecule has 1 amide bonds. The molecule has 10 heteroatoms. The molecular formula is C29H31ClN2O7. The molecule has 39 heavy (non-hydrogen) atoms. The van der Waals surface area contributed by atoms with Crippen molar-refractivity contribution in [2.75, 3.05) is 45.8 Å². The third-order valence-electron chi connectivity index (χ3n) is 7.14. The number of rotatable bonds is 8. The second-order valence-electron chi connectivity index (χ2n) is 9.76. The third kappa shape index (κ3) is 4.34. The Labute approximate surface area is 231 Å². The van der Waals surface area contributed by atoms with Crippen molar-refractivity contribution in [2.45, 2.75) is 32.3 Å². The first-order chi connectivity index (χ1) is 18.8. The maximum atomic E-state index is 14.1. The van der Waals surface area contributed by atoms with Crippen LogP contribution in [0.5, 0.6) is 23.0 Å². The van der Waals surface area contributed by atoms with Gasteiger partial charge in [-0.1, -0.05) is 0 Å². The number of methoxy groups -OCH3 is 4. The monoisotopic (exact) mass is 554 g/mol. The van der Waals surface area contributed by atoms with Crippen molar-refractivity contribution >= 4 is 46.1 Å². The Hall–Kier alpha value is -3.85. The molecular weight excluding hydrogens is 524 g/mol. The third-order valence-corrected chi connectivity index (χ3v) is 7.51. The molecule has 1 aromatic heterocycles. The Kier molecular flexibility index (Phi) is 7.11. The lowest BCUT2D eigenvalue weighted by atomic mass is 9.98. The van der Waals surface area contributed by atoms with E-state index >= 15 is 0 Å². The zero-order valence-electron chi connectivity index (χ0n) is 22.8. The van der Waals surface area contributed by atoms with E-state index in [0.717, 1.165) is 22.1 Å². The van der Waals surface area contributed by atoms with Crippen LogP contribution in [0.2, 0.25) is 0 Å². The van der Waals surface area contributed by atoms with Gasteiger partial charge in [0.05, 0.1) is 45.7 Å². The van der Waals surface area contributed by atoms with Crippen molar-refractivity contribution in [3.05, 3.63) is 46.2 Å². The van der Waals surface area contributed by atoms with Gasteiger partial charge in [0.2, 0.25) is 5.75 Å². The molecule has 5 rings (SSSR count). The molecule has 3 aromatic rings. The lowest BCUT2D eigenvalue weighted by Gasteiger charge is -2.20. The maximum Gasteiger partial charge on any atom is 0.354 e. The number of amides is 1. The lowest BCUT2D eigenvalue weighted by molar-refractivity contribution is -0.115. The predicted octanol–water partition coefficient (Wildman–Crippen LogP) is 5.08. The van der Waals surface area contributed by atoms with Crippen LogP contribution in [0.4, 0.5) is 5.69 Å². The number of anilines is 1. The molecule has 1 aliphatic carbocycles. The topological polar surface area (TPSA) is 99.3 Å². The van der Waals surface area contributed by atoms with Crippen LogP contribution in [0.1, 0.15) is 46.9 Å². The molecule has 0 saturated heterocycles. The highest BCUT2D eigenvalue weighted by Gasteiger charge is 2.38. The number of carbonyl (C=O) groups excluding carboxylic acids is 2. The van der Waals surface area contributed by atoms with Crippen molar-refractivity contribution in [1.29, 1.82) is 0 Å². The number of benzene rings is 2. The standard InChI is InChI=1S/C29H31ClN2O7/c1-14(2)39-22-11-21-24(19-10-20(29(34)38-6)31-25(19)22)17(12-30)13-32(21)28(33)16-7-15-9-23(35-3)27(37-5)26(36-4)18(15)8-16/h7,9-11,14,17,31H,8,12-13H2,1-6H3/t17-/m1/s1. The van der Waals surface area contributed by atoms with Crippen molar-refractivity contribution < 1.29 is 33.3 Å². The fourth-order valence-corrected chi connectivity index (χ4v) is 5.76. The minimum Gasteiger partial charge on any atom is -0.493 e. The number of ether oxygens (including phenoxy) is 5. The van der Waals surface area contributed by atoms with Gasteiger partial charge in [-0.15, -0.1) is 11.6 Å². The van der Waals surface area contributed by atoms with E-state index in [9.17, 15) is 9.59 Å². The summed E-state index contributed by atoms with van der Waals surface area (Å²) < 4.78 is 27.7. The van der Waals surface area contributed by atoms with E-state index in [1.54, 1.807) is 32.3 Å². The van der Waals surface area contributed by atoms with E-state index in [2.05, 4.69) is 4.98 Å². The fraction of sp³-hybridized carbons (Fsp3) is 0.379. The van der Waals surface area contributed by atoms with Crippen molar-refractivity contribution in [2.24, 2.45) is 0 Å². The highest BCUT2D eigenvalue weighted by molar-refractivity contribution is 6.19. The van der Waals surface area contributed by atoms with E-state index < -0.39 is 5.97 Å². The van der Waals surface area contributed by atoms with Crippen LogP contribution in [-0.4, -0.2) is 63.8 Å². The Morgan fingerprint density at radius 2 is 1.79 bits per heavy atom. The molecule has 0 bridgehead atoms. The molecule has 0 saturated carbocycles. The van der Waals surface area contributed by atoms with Gasteiger partial charge < -0.3 is 33.6 Å². The molecule has 0 radical (unpaired) electrons. The van der Waals surface area contributed by atoms with Gasteiger partial charge in [-0.05, 0) is 43.2 Å². The van der Waals surface area contributed by atoms with Gasteiger partial charge >= 0.3 is 5.97 Å². The molecule has 0 unspecified atom stereocenters. The Bertz CT molecular complexity index is 1510. The Morgan fingerprint density at radius 1 is 1.05 bits per heavy atom. The summed E-state index contributed by atoms with van der Waals surface area (Å²) >= 11 is 6.44. The number of nitrogens with zero attached hydrogens (tertiary/aromatic N) is 1. The van der Waals surface area contributed by atoms with Crippen LogP contribution < -0.4 is 23.8 Å². The van der Waals surface area contributed by atoms with E-state index in [1.807, 2.05) is 32.1 Å². The second kappa shape index (κ2) is 10.4. The summed E-state index contributed by atoms with van der Waals surface area (Å²) in [5.41, 5.74) is 4.89. The molecule has 0 fully saturated rings. The van der Waals surface area contributed by atoms with Gasteiger partial charge in [0, 0.05) is 47.4 Å². The van der Waals surface area contributed by atoms with Gasteiger partial charge in [0.15, 0.2) is 11.5 Å². The molecule has 2 heterocycles. The number of esters is 1. The van der Waals surface area contributed by atoms with Crippen LogP contribution in [0, 0.1) is 0 Å². The van der Waals surface area contributed by atoms with Crippen molar-refractivity contribution in [1.82, 2.24) is 4.98 Å². The van der Waals surface area contributed by atoms with Crippen LogP contribution in [0.25, 0.3) is 17.0 Å². The summed E-state index contributed by atoms with van der Waals surface area (Å²) in [6.07, 6.45) is 2.12. The predicted molar refractivity (Wildman–Crippen MR) is 149 cm³/mol. The smallest absolute Gasteiger partial charge is 0.354 e. The first-order valence-corrected chi connectivity index (χ1v) is 13.1. The number of H-pyrrole nitrogens is 1. The van der Waals surface area contributed by atoms with E-state index in [0.29, 0.717) is 64.3 Å². The molecule has 1 aliphatic heterocycles. The average Bonchev–Trinajstić information content (AvgIpc) is 3.65. The summed E-state index contributed by atoms with van der Waals surface area (Å²) in [5.74, 6) is 1.64. The Balaban J connectivity index is 1.60. The highest BCUT2D eigenvalue weighted by Crippen LogP contribution is 2.49. The molecule has 1 atom stereocenters. The van der Waals surface area contributed by atoms with Gasteiger partial charge in [-0.3, -0.25) is 4.79 Å². The van der Waals surface area contributed by atoms with Gasteiger partial charge in [-0.25, -0.2) is 4.79 Å². The molecule has 2 aliphatic rings. The van der Waals surface area contributed by atoms with E-state index in [4.69, 9.17) is 35.3 Å². The minimum atomic E-state index is -0.488. The number of hydrogen-bond donors (Lipinski definition) is 1. The number of aromatic amines is 1. The average molecular weight is 555 g/mol. The molecule has 1 N–H and O–H groups in total. The van der Waals surface area contributed by atoms with Gasteiger partial charge in [-0.2, -0.15) is 0 Å². The van der Waals surface area contributed by atoms with Crippen LogP contribution in [-0.2, 0) is 16.0 Å². The molecule has 0 spiro atoms. The zero-order valence-corrected chi connectivity index (χ0v) is 23.5. The maximum absolute atomic E-state index is 14.1. The van der Waals surface area contributed by atoms with Crippen molar-refractivity contribution in [3.63, 3.8) is 0 Å². The summed E-state index contributed by atoms with van der Waals surface area (Å²) in [7, 11) is 6.02. The van der Waals surface area contributed by atoms with Gasteiger partial charge in [0.25, 0.3) is 5.91 Å². The number of nitrogens with one attached hydrogen (secondary N) is 1. The highest BCUT2D eigenvalue weighted by atomic mass is 35.5. The van der Waals surface area contributed by atoms with E-state index in [1.165, 1.54) is 7.11 Å². The van der Waals surface area contributed by atoms with Crippen LogP contribution >= 0.6 is 11.6 Å². The molecule has 2 aromatic carbocycles. The van der Waals surface area contributed by atoms with Crippen molar-refractivity contribution in [3.8, 4) is 23.0 Å². The number of carbonyl (C=O) groups is 2. The number of halogens is 1. The number of aromatic nitrogens is 1. The largest absolute Gasteiger partial charge is 0.493 e. The SMILES string of the molecule is COC(=O)c1cc2c3c(cc(OC(C)C)c2[nH]1)N(C(=O)C1=Cc2cc(OC)c(OC)c(OC)c2C1)C[C@H]3CCl. The summed E-state index contributed by atoms with van der Waals surface area (Å²) in [5, 5.41) is 0.782. The van der Waals surface area contributed by atoms with Crippen LogP contribution in [0.15, 0.2) is 23.8 Å². The zero-order chi connectivity index (χ0) is 28.0. The Morgan fingerprint density at radius 3 is 2.41 bits per heavy atom. The fourth-order valence-electron chi connectivity index (χ4n) is 5.51. The molecule has 9 nitrogen and oxygen atoms in total. The summed E-state index contributed by atoms with van der Waals surface area (Å²) in [6.45, 7) is 4.24. The first kappa shape index (κ1) is 26.7. The summed E-state index contributed by atoms with van der Waals surface area (Å²) in [4.78, 5) is 31.3.